The molecule has 6 heteroatoms. The molecule has 0 bridgehead atoms. The highest BCUT2D eigenvalue weighted by Crippen LogP contribution is 2.37. The zero-order valence-electron chi connectivity index (χ0n) is 15.7. The second kappa shape index (κ2) is 6.93. The van der Waals surface area contributed by atoms with Crippen LogP contribution in [0.25, 0.3) is 10.9 Å². The second-order valence-corrected chi connectivity index (χ2v) is 7.56. The van der Waals surface area contributed by atoms with Gasteiger partial charge in [-0.3, -0.25) is 19.3 Å². The van der Waals surface area contributed by atoms with E-state index in [0.717, 1.165) is 27.9 Å². The lowest BCUT2D eigenvalue weighted by atomic mass is 9.78. The lowest BCUT2D eigenvalue weighted by molar-refractivity contribution is -0.152. The third-order valence-electron chi connectivity index (χ3n) is 6.11. The Labute approximate surface area is 158 Å². The summed E-state index contributed by atoms with van der Waals surface area (Å²) in [5, 5.41) is 4.52. The van der Waals surface area contributed by atoms with Crippen LogP contribution in [0.5, 0.6) is 0 Å². The fraction of sp³-hybridized carbons (Fsp3) is 0.476. The van der Waals surface area contributed by atoms with Gasteiger partial charge in [0.1, 0.15) is 11.7 Å². The minimum atomic E-state index is -0.878. The van der Waals surface area contributed by atoms with Gasteiger partial charge >= 0.3 is 0 Å². The van der Waals surface area contributed by atoms with Gasteiger partial charge in [-0.15, -0.1) is 0 Å². The van der Waals surface area contributed by atoms with Gasteiger partial charge in [-0.25, -0.2) is 0 Å². The highest BCUT2D eigenvalue weighted by atomic mass is 16.2. The van der Waals surface area contributed by atoms with Crippen molar-refractivity contribution in [1.82, 2.24) is 15.2 Å². The van der Waals surface area contributed by atoms with Gasteiger partial charge in [0.15, 0.2) is 0 Å². The smallest absolute Gasteiger partial charge is 0.241 e. The topological polar surface area (TPSA) is 82.3 Å². The number of aromatic nitrogens is 1. The SMILES string of the molecule is CCC1CCC(=O)N(C)C(=O)C(C2NCCc3c2[nH]c2ccccc32)C1=O. The number of Topliss-reactive ketones (excluding diaryl/α,β-unsaturated/α-hetero) is 1. The van der Waals surface area contributed by atoms with E-state index in [-0.39, 0.29) is 24.0 Å². The Morgan fingerprint density at radius 1 is 1.15 bits per heavy atom. The minimum absolute atomic E-state index is 0.0501. The third kappa shape index (κ3) is 2.88. The molecule has 0 radical (unpaired) electrons. The van der Waals surface area contributed by atoms with E-state index >= 15 is 0 Å². The molecule has 2 N–H and O–H groups in total. The number of aromatic amines is 1. The summed E-state index contributed by atoms with van der Waals surface area (Å²) >= 11 is 0. The number of likely N-dealkylation sites (tertiary alicyclic amines) is 1. The first-order chi connectivity index (χ1) is 13.0. The number of carbonyl (C=O) groups is 3. The third-order valence-corrected chi connectivity index (χ3v) is 6.11. The minimum Gasteiger partial charge on any atom is -0.357 e. The summed E-state index contributed by atoms with van der Waals surface area (Å²) < 4.78 is 0. The van der Waals surface area contributed by atoms with E-state index in [9.17, 15) is 14.4 Å². The highest BCUT2D eigenvalue weighted by Gasteiger charge is 2.44. The number of ketones is 1. The molecule has 2 aromatic rings. The van der Waals surface area contributed by atoms with Crippen molar-refractivity contribution >= 4 is 28.5 Å². The predicted molar refractivity (Wildman–Crippen MR) is 102 cm³/mol. The molecule has 3 atom stereocenters. The normalized spacial score (nSPS) is 26.8. The molecule has 4 rings (SSSR count). The first-order valence-corrected chi connectivity index (χ1v) is 9.70. The molecule has 3 heterocycles. The summed E-state index contributed by atoms with van der Waals surface area (Å²) in [5.41, 5.74) is 3.09. The number of hydrogen-bond acceptors (Lipinski definition) is 4. The number of rotatable bonds is 2. The number of benzene rings is 1. The van der Waals surface area contributed by atoms with Crippen molar-refractivity contribution in [2.75, 3.05) is 13.6 Å². The molecule has 2 aliphatic rings. The Morgan fingerprint density at radius 3 is 2.70 bits per heavy atom. The molecule has 0 aliphatic carbocycles. The summed E-state index contributed by atoms with van der Waals surface area (Å²) in [5.74, 6) is -1.79. The summed E-state index contributed by atoms with van der Waals surface area (Å²) in [6.45, 7) is 2.65. The van der Waals surface area contributed by atoms with Crippen molar-refractivity contribution in [3.05, 3.63) is 35.5 Å². The number of imide groups is 1. The zero-order chi connectivity index (χ0) is 19.1. The van der Waals surface area contributed by atoms with Crippen molar-refractivity contribution in [2.45, 2.75) is 38.6 Å². The maximum absolute atomic E-state index is 13.3. The van der Waals surface area contributed by atoms with Gasteiger partial charge in [0.2, 0.25) is 11.8 Å². The van der Waals surface area contributed by atoms with Crippen LogP contribution in [0.4, 0.5) is 0 Å². The fourth-order valence-electron chi connectivity index (χ4n) is 4.52. The zero-order valence-corrected chi connectivity index (χ0v) is 15.7. The first kappa shape index (κ1) is 17.9. The molecule has 0 spiro atoms. The van der Waals surface area contributed by atoms with Gasteiger partial charge in [-0.2, -0.15) is 0 Å². The van der Waals surface area contributed by atoms with Crippen LogP contribution in [0.1, 0.15) is 43.5 Å². The maximum Gasteiger partial charge on any atom is 0.241 e. The number of fused-ring (bicyclic) bond motifs is 3. The molecule has 6 nitrogen and oxygen atoms in total. The number of nitrogens with one attached hydrogen (secondary N) is 2. The first-order valence-electron chi connectivity index (χ1n) is 9.70. The van der Waals surface area contributed by atoms with Crippen molar-refractivity contribution in [3.63, 3.8) is 0 Å². The van der Waals surface area contributed by atoms with E-state index < -0.39 is 17.9 Å². The molecule has 1 aromatic carbocycles. The summed E-state index contributed by atoms with van der Waals surface area (Å²) in [6, 6.07) is 7.62. The molecule has 1 saturated heterocycles. The average Bonchev–Trinajstić information content (AvgIpc) is 3.06. The quantitative estimate of drug-likeness (QED) is 0.631. The van der Waals surface area contributed by atoms with E-state index in [1.54, 1.807) is 0 Å². The monoisotopic (exact) mass is 367 g/mol. The molecule has 2 aliphatic heterocycles. The van der Waals surface area contributed by atoms with Crippen molar-refractivity contribution in [2.24, 2.45) is 11.8 Å². The second-order valence-electron chi connectivity index (χ2n) is 7.56. The summed E-state index contributed by atoms with van der Waals surface area (Å²) in [7, 11) is 1.49. The number of nitrogens with zero attached hydrogens (tertiary/aromatic N) is 1. The van der Waals surface area contributed by atoms with Gasteiger partial charge in [0, 0.05) is 36.0 Å². The Hall–Kier alpha value is -2.47. The van der Waals surface area contributed by atoms with E-state index in [0.29, 0.717) is 19.4 Å². The molecule has 3 unspecified atom stereocenters. The van der Waals surface area contributed by atoms with Gasteiger partial charge in [0.05, 0.1) is 6.04 Å². The molecule has 1 aromatic heterocycles. The number of amides is 2. The lowest BCUT2D eigenvalue weighted by Crippen LogP contribution is -2.50. The van der Waals surface area contributed by atoms with Crippen LogP contribution in [0.15, 0.2) is 24.3 Å². The molecule has 27 heavy (non-hydrogen) atoms. The summed E-state index contributed by atoms with van der Waals surface area (Å²) in [6.07, 6.45) is 2.24. The maximum atomic E-state index is 13.3. The van der Waals surface area contributed by atoms with Crippen LogP contribution in [-0.4, -0.2) is 41.1 Å². The molecule has 2 amide bonds. The van der Waals surface area contributed by atoms with E-state index in [4.69, 9.17) is 0 Å². The highest BCUT2D eigenvalue weighted by molar-refractivity contribution is 6.09. The predicted octanol–water partition coefficient (Wildman–Crippen LogP) is 2.35. The molecule has 1 fully saturated rings. The van der Waals surface area contributed by atoms with Crippen molar-refractivity contribution in [3.8, 4) is 0 Å². The van der Waals surface area contributed by atoms with Crippen LogP contribution in [0.2, 0.25) is 0 Å². The Morgan fingerprint density at radius 2 is 1.93 bits per heavy atom. The summed E-state index contributed by atoms with van der Waals surface area (Å²) in [4.78, 5) is 43.3. The molecule has 0 saturated carbocycles. The average molecular weight is 367 g/mol. The Balaban J connectivity index is 1.81. The molecular formula is C21H25N3O3. The van der Waals surface area contributed by atoms with E-state index in [1.165, 1.54) is 12.6 Å². The Kier molecular flexibility index (Phi) is 4.60. The largest absolute Gasteiger partial charge is 0.357 e. The van der Waals surface area contributed by atoms with Crippen LogP contribution in [-0.2, 0) is 20.8 Å². The number of H-pyrrole nitrogens is 1. The lowest BCUT2D eigenvalue weighted by Gasteiger charge is -2.35. The van der Waals surface area contributed by atoms with Crippen LogP contribution >= 0.6 is 0 Å². The molecule has 142 valence electrons. The van der Waals surface area contributed by atoms with Gasteiger partial charge in [-0.1, -0.05) is 25.1 Å². The Bertz CT molecular complexity index is 917. The van der Waals surface area contributed by atoms with Crippen LogP contribution < -0.4 is 5.32 Å². The fourth-order valence-corrected chi connectivity index (χ4v) is 4.52. The number of hydrogen-bond donors (Lipinski definition) is 2. The van der Waals surface area contributed by atoms with Crippen molar-refractivity contribution < 1.29 is 14.4 Å². The van der Waals surface area contributed by atoms with Gasteiger partial charge in [-0.05, 0) is 37.4 Å². The van der Waals surface area contributed by atoms with Gasteiger partial charge < -0.3 is 10.3 Å². The molecular weight excluding hydrogens is 342 g/mol. The van der Waals surface area contributed by atoms with E-state index in [2.05, 4.69) is 16.4 Å². The number of carbonyl (C=O) groups excluding carboxylic acids is 3. The van der Waals surface area contributed by atoms with E-state index in [1.807, 2.05) is 25.1 Å². The van der Waals surface area contributed by atoms with Gasteiger partial charge in [0.25, 0.3) is 0 Å². The van der Waals surface area contributed by atoms with Crippen LogP contribution in [0, 0.1) is 11.8 Å². The number of para-hydroxylation sites is 1. The van der Waals surface area contributed by atoms with Crippen molar-refractivity contribution in [1.29, 1.82) is 0 Å². The standard InChI is InChI=1S/C21H25N3O3/c1-3-12-8-9-16(25)24(2)21(27)17(20(12)26)19-18-14(10-11-22-19)13-6-4-5-7-15(13)23-18/h4-7,12,17,19,22-23H,3,8-11H2,1-2H3. The van der Waals surface area contributed by atoms with Crippen LogP contribution in [0.3, 0.4) is 0 Å².